The summed E-state index contributed by atoms with van der Waals surface area (Å²) in [6.07, 6.45) is 0. The fourth-order valence-electron chi connectivity index (χ4n) is 2.04. The highest BCUT2D eigenvalue weighted by Crippen LogP contribution is 2.17. The Morgan fingerprint density at radius 1 is 0.792 bits per heavy atom. The van der Waals surface area contributed by atoms with Gasteiger partial charge in [-0.2, -0.15) is 0 Å². The van der Waals surface area contributed by atoms with Gasteiger partial charge in [0.05, 0.1) is 4.88 Å². The van der Waals surface area contributed by atoms with Gasteiger partial charge in [-0.3, -0.25) is 9.59 Å². The molecule has 2 amide bonds. The molecule has 2 aromatic carbocycles. The number of carbonyl (C=O) groups excluding carboxylic acids is 2. The molecule has 0 radical (unpaired) electrons. The number of hydrogen-bond acceptors (Lipinski definition) is 3. The second kappa shape index (κ2) is 7.29. The Morgan fingerprint density at radius 2 is 1.38 bits per heavy atom. The monoisotopic (exact) mass is 356 g/mol. The summed E-state index contributed by atoms with van der Waals surface area (Å²) in [4.78, 5) is 24.8. The maximum atomic E-state index is 12.2. The summed E-state index contributed by atoms with van der Waals surface area (Å²) < 4.78 is 0. The molecule has 3 aromatic rings. The van der Waals surface area contributed by atoms with E-state index in [1.165, 1.54) is 11.3 Å². The van der Waals surface area contributed by atoms with Crippen LogP contribution in [0.25, 0.3) is 0 Å². The summed E-state index contributed by atoms with van der Waals surface area (Å²) >= 11 is 7.19. The molecular formula is C18H13ClN2O2S. The zero-order valence-corrected chi connectivity index (χ0v) is 14.0. The molecule has 0 bridgehead atoms. The largest absolute Gasteiger partial charge is 0.322 e. The molecule has 2 N–H and O–H groups in total. The summed E-state index contributed by atoms with van der Waals surface area (Å²) in [7, 11) is 0. The summed E-state index contributed by atoms with van der Waals surface area (Å²) in [5.74, 6) is -0.392. The van der Waals surface area contributed by atoms with Crippen LogP contribution in [0.5, 0.6) is 0 Å². The molecule has 24 heavy (non-hydrogen) atoms. The van der Waals surface area contributed by atoms with Crippen LogP contribution < -0.4 is 10.6 Å². The molecule has 0 aliphatic rings. The Kier molecular flexibility index (Phi) is 4.93. The SMILES string of the molecule is O=C(Nc1ccc(Cl)cc1)c1ccc(NC(=O)c2cccs2)cc1. The number of rotatable bonds is 4. The van der Waals surface area contributed by atoms with E-state index in [4.69, 9.17) is 11.6 Å². The number of nitrogens with one attached hydrogen (secondary N) is 2. The molecule has 6 heteroatoms. The molecule has 0 saturated carbocycles. The summed E-state index contributed by atoms with van der Waals surface area (Å²) in [5.41, 5.74) is 1.80. The molecule has 1 heterocycles. The van der Waals surface area contributed by atoms with Crippen LogP contribution in [0.2, 0.25) is 5.02 Å². The Balaban J connectivity index is 1.64. The van der Waals surface area contributed by atoms with E-state index < -0.39 is 0 Å². The van der Waals surface area contributed by atoms with Crippen LogP contribution >= 0.6 is 22.9 Å². The normalized spacial score (nSPS) is 10.2. The van der Waals surface area contributed by atoms with Crippen molar-refractivity contribution in [3.8, 4) is 0 Å². The number of hydrogen-bond donors (Lipinski definition) is 2. The maximum Gasteiger partial charge on any atom is 0.265 e. The minimum Gasteiger partial charge on any atom is -0.322 e. The van der Waals surface area contributed by atoms with E-state index >= 15 is 0 Å². The Morgan fingerprint density at radius 3 is 1.96 bits per heavy atom. The van der Waals surface area contributed by atoms with Crippen molar-refractivity contribution in [3.05, 3.63) is 81.5 Å². The maximum absolute atomic E-state index is 12.2. The van der Waals surface area contributed by atoms with Gasteiger partial charge in [-0.05, 0) is 60.0 Å². The lowest BCUT2D eigenvalue weighted by Gasteiger charge is -2.07. The fraction of sp³-hybridized carbons (Fsp3) is 0. The Hall–Kier alpha value is -2.63. The second-order valence-corrected chi connectivity index (χ2v) is 6.35. The summed E-state index contributed by atoms with van der Waals surface area (Å²) in [6, 6.07) is 17.2. The topological polar surface area (TPSA) is 58.2 Å². The van der Waals surface area contributed by atoms with Gasteiger partial charge in [0, 0.05) is 22.0 Å². The number of halogens is 1. The number of carbonyl (C=O) groups is 2. The van der Waals surface area contributed by atoms with Gasteiger partial charge in [-0.1, -0.05) is 17.7 Å². The predicted molar refractivity (Wildman–Crippen MR) is 98.1 cm³/mol. The van der Waals surface area contributed by atoms with Gasteiger partial charge < -0.3 is 10.6 Å². The van der Waals surface area contributed by atoms with Crippen molar-refractivity contribution in [1.29, 1.82) is 0 Å². The molecule has 0 atom stereocenters. The van der Waals surface area contributed by atoms with Gasteiger partial charge in [-0.25, -0.2) is 0 Å². The first-order valence-corrected chi connectivity index (χ1v) is 8.39. The molecule has 0 unspecified atom stereocenters. The predicted octanol–water partition coefficient (Wildman–Crippen LogP) is 4.91. The molecule has 0 saturated heterocycles. The van der Waals surface area contributed by atoms with Crippen LogP contribution in [-0.4, -0.2) is 11.8 Å². The highest BCUT2D eigenvalue weighted by molar-refractivity contribution is 7.12. The van der Waals surface area contributed by atoms with E-state index in [9.17, 15) is 9.59 Å². The first-order valence-electron chi connectivity index (χ1n) is 7.14. The minimum atomic E-state index is -0.228. The first kappa shape index (κ1) is 16.2. The van der Waals surface area contributed by atoms with E-state index in [1.54, 1.807) is 54.6 Å². The summed E-state index contributed by atoms with van der Waals surface area (Å²) in [6.45, 7) is 0. The van der Waals surface area contributed by atoms with Crippen molar-refractivity contribution in [2.24, 2.45) is 0 Å². The standard InChI is InChI=1S/C18H13ClN2O2S/c19-13-5-9-15(10-6-13)20-17(22)12-3-7-14(8-4-12)21-18(23)16-2-1-11-24-16/h1-11H,(H,20,22)(H,21,23). The fourth-order valence-corrected chi connectivity index (χ4v) is 2.79. The molecular weight excluding hydrogens is 344 g/mol. The first-order chi connectivity index (χ1) is 11.6. The molecule has 0 aliphatic carbocycles. The van der Waals surface area contributed by atoms with Crippen LogP contribution in [0.15, 0.2) is 66.0 Å². The van der Waals surface area contributed by atoms with Gasteiger partial charge in [0.2, 0.25) is 0 Å². The van der Waals surface area contributed by atoms with Crippen LogP contribution in [0.1, 0.15) is 20.0 Å². The lowest BCUT2D eigenvalue weighted by Crippen LogP contribution is -2.13. The molecule has 3 rings (SSSR count). The Bertz CT molecular complexity index is 844. The van der Waals surface area contributed by atoms with Crippen molar-refractivity contribution >= 4 is 46.1 Å². The van der Waals surface area contributed by atoms with E-state index in [2.05, 4.69) is 10.6 Å². The number of anilines is 2. The third-order valence-corrected chi connectivity index (χ3v) is 4.37. The van der Waals surface area contributed by atoms with Crippen LogP contribution in [0, 0.1) is 0 Å². The lowest BCUT2D eigenvalue weighted by atomic mass is 10.2. The minimum absolute atomic E-state index is 0.164. The highest BCUT2D eigenvalue weighted by Gasteiger charge is 2.09. The van der Waals surface area contributed by atoms with Crippen molar-refractivity contribution in [2.45, 2.75) is 0 Å². The van der Waals surface area contributed by atoms with Gasteiger partial charge >= 0.3 is 0 Å². The highest BCUT2D eigenvalue weighted by atomic mass is 35.5. The van der Waals surface area contributed by atoms with E-state index in [0.29, 0.717) is 26.8 Å². The van der Waals surface area contributed by atoms with Gasteiger partial charge in [0.15, 0.2) is 0 Å². The molecule has 120 valence electrons. The van der Waals surface area contributed by atoms with E-state index in [-0.39, 0.29) is 11.8 Å². The third kappa shape index (κ3) is 4.01. The van der Waals surface area contributed by atoms with Crippen molar-refractivity contribution in [3.63, 3.8) is 0 Å². The third-order valence-electron chi connectivity index (χ3n) is 3.25. The van der Waals surface area contributed by atoms with E-state index in [0.717, 1.165) is 0 Å². The average Bonchev–Trinajstić information content (AvgIpc) is 3.12. The molecule has 1 aromatic heterocycles. The number of benzene rings is 2. The average molecular weight is 357 g/mol. The zero-order valence-electron chi connectivity index (χ0n) is 12.5. The zero-order chi connectivity index (χ0) is 16.9. The molecule has 4 nitrogen and oxygen atoms in total. The van der Waals surface area contributed by atoms with Gasteiger partial charge in [-0.15, -0.1) is 11.3 Å². The second-order valence-electron chi connectivity index (χ2n) is 4.97. The lowest BCUT2D eigenvalue weighted by molar-refractivity contribution is 0.102. The van der Waals surface area contributed by atoms with Crippen LogP contribution in [0.4, 0.5) is 11.4 Å². The summed E-state index contributed by atoms with van der Waals surface area (Å²) in [5, 5.41) is 8.03. The van der Waals surface area contributed by atoms with Gasteiger partial charge in [0.25, 0.3) is 11.8 Å². The number of amides is 2. The molecule has 0 spiro atoms. The molecule has 0 fully saturated rings. The Labute approximate surface area is 148 Å². The molecule has 0 aliphatic heterocycles. The van der Waals surface area contributed by atoms with Crippen molar-refractivity contribution in [2.75, 3.05) is 10.6 Å². The van der Waals surface area contributed by atoms with Crippen LogP contribution in [-0.2, 0) is 0 Å². The number of thiophene rings is 1. The van der Waals surface area contributed by atoms with Crippen LogP contribution in [0.3, 0.4) is 0 Å². The van der Waals surface area contributed by atoms with Crippen molar-refractivity contribution in [1.82, 2.24) is 0 Å². The van der Waals surface area contributed by atoms with E-state index in [1.807, 2.05) is 11.4 Å². The quantitative estimate of drug-likeness (QED) is 0.698. The van der Waals surface area contributed by atoms with Gasteiger partial charge in [0.1, 0.15) is 0 Å². The van der Waals surface area contributed by atoms with Crippen molar-refractivity contribution < 1.29 is 9.59 Å². The smallest absolute Gasteiger partial charge is 0.265 e.